The molecule has 1 amide bonds. The lowest BCUT2D eigenvalue weighted by atomic mass is 9.94. The van der Waals surface area contributed by atoms with Crippen LogP contribution in [0.1, 0.15) is 37.9 Å². The molecule has 1 atom stereocenters. The third-order valence-electron chi connectivity index (χ3n) is 6.40. The van der Waals surface area contributed by atoms with Gasteiger partial charge in [0, 0.05) is 16.3 Å². The van der Waals surface area contributed by atoms with Crippen LogP contribution in [0.15, 0.2) is 84.3 Å². The number of carbonyl (C=O) groups is 1. The number of nitrogens with one attached hydrogen (secondary N) is 2. The van der Waals surface area contributed by atoms with E-state index >= 15 is 0 Å². The summed E-state index contributed by atoms with van der Waals surface area (Å²) in [4.78, 5) is 18.2. The topological polar surface area (TPSA) is 99.5 Å². The number of amides is 1. The number of nitrogens with zero attached hydrogens (tertiary/aromatic N) is 3. The van der Waals surface area contributed by atoms with Crippen molar-refractivity contribution in [1.82, 2.24) is 14.8 Å². The van der Waals surface area contributed by atoms with E-state index in [1.54, 1.807) is 4.68 Å². The van der Waals surface area contributed by atoms with E-state index in [1.807, 2.05) is 87.5 Å². The van der Waals surface area contributed by atoms with Crippen molar-refractivity contribution in [2.45, 2.75) is 33.4 Å². The second kappa shape index (κ2) is 12.1. The molecule has 0 bridgehead atoms. The molecular weight excluding hydrogens is 530 g/mol. The summed E-state index contributed by atoms with van der Waals surface area (Å²) in [6.07, 6.45) is 1.46. The van der Waals surface area contributed by atoms with Gasteiger partial charge < -0.3 is 24.8 Å². The molecule has 2 N–H and O–H groups in total. The molecule has 0 radical (unpaired) electrons. The summed E-state index contributed by atoms with van der Waals surface area (Å²) in [7, 11) is 0. The minimum Gasteiger partial charge on any atom is -0.492 e. The molecule has 10 heteroatoms. The SMILES string of the molecule is CCOc1ccccc1NC(=O)C1=C(C)Nc2ncnn2C1c1ccc(OCc2ccccc2Cl)c(OCC)c1. The fourth-order valence-corrected chi connectivity index (χ4v) is 4.78. The first-order valence-electron chi connectivity index (χ1n) is 13.0. The fraction of sp³-hybridized carbons (Fsp3) is 0.233. The second-order valence-electron chi connectivity index (χ2n) is 9.00. The Bertz CT molecular complexity index is 1550. The van der Waals surface area contributed by atoms with Gasteiger partial charge in [-0.3, -0.25) is 4.79 Å². The molecule has 206 valence electrons. The Labute approximate surface area is 237 Å². The van der Waals surface area contributed by atoms with E-state index in [-0.39, 0.29) is 12.5 Å². The Morgan fingerprint density at radius 2 is 1.73 bits per heavy atom. The summed E-state index contributed by atoms with van der Waals surface area (Å²) in [5.41, 5.74) is 3.37. The number of rotatable bonds is 10. The zero-order valence-corrected chi connectivity index (χ0v) is 23.2. The van der Waals surface area contributed by atoms with E-state index in [9.17, 15) is 4.79 Å². The fourth-order valence-electron chi connectivity index (χ4n) is 4.59. The highest BCUT2D eigenvalue weighted by molar-refractivity contribution is 6.31. The minimum atomic E-state index is -0.574. The molecule has 5 rings (SSSR count). The number of carbonyl (C=O) groups excluding carboxylic acids is 1. The van der Waals surface area contributed by atoms with Gasteiger partial charge in [0.05, 0.1) is 24.5 Å². The molecule has 0 saturated carbocycles. The normalized spacial score (nSPS) is 14.2. The predicted octanol–water partition coefficient (Wildman–Crippen LogP) is 6.24. The third-order valence-corrected chi connectivity index (χ3v) is 6.77. The smallest absolute Gasteiger partial charge is 0.255 e. The molecule has 0 saturated heterocycles. The van der Waals surface area contributed by atoms with Crippen molar-refractivity contribution in [3.63, 3.8) is 0 Å². The average Bonchev–Trinajstić information content (AvgIpc) is 3.42. The van der Waals surface area contributed by atoms with Crippen LogP contribution >= 0.6 is 11.6 Å². The highest BCUT2D eigenvalue weighted by atomic mass is 35.5. The Morgan fingerprint density at radius 3 is 2.52 bits per heavy atom. The molecule has 0 aliphatic carbocycles. The van der Waals surface area contributed by atoms with E-state index < -0.39 is 6.04 Å². The van der Waals surface area contributed by atoms with E-state index in [4.69, 9.17) is 25.8 Å². The first-order valence-corrected chi connectivity index (χ1v) is 13.4. The highest BCUT2D eigenvalue weighted by Crippen LogP contribution is 2.39. The van der Waals surface area contributed by atoms with Gasteiger partial charge in [0.1, 0.15) is 24.7 Å². The van der Waals surface area contributed by atoms with Crippen LogP contribution in [-0.4, -0.2) is 33.9 Å². The van der Waals surface area contributed by atoms with Crippen LogP contribution in [0.2, 0.25) is 5.02 Å². The standard InChI is InChI=1S/C30H30ClN5O4/c1-4-38-24-13-9-8-12-23(24)35-29(37)27-19(3)34-30-32-18-33-36(30)28(27)20-14-15-25(26(16-20)39-5-2)40-17-21-10-6-7-11-22(21)31/h6-16,18,28H,4-5,17H2,1-3H3,(H,35,37)(H,32,33,34). The Hall–Kier alpha value is -4.50. The van der Waals surface area contributed by atoms with Gasteiger partial charge in [-0.2, -0.15) is 10.1 Å². The summed E-state index contributed by atoms with van der Waals surface area (Å²) < 4.78 is 19.5. The molecule has 1 aliphatic heterocycles. The maximum atomic E-state index is 13.8. The number of fused-ring (bicyclic) bond motifs is 1. The average molecular weight is 560 g/mol. The molecule has 0 spiro atoms. The van der Waals surface area contributed by atoms with Crippen LogP contribution in [0, 0.1) is 0 Å². The molecule has 3 aromatic carbocycles. The summed E-state index contributed by atoms with van der Waals surface area (Å²) in [6, 6.07) is 19.9. The first kappa shape index (κ1) is 27.1. The molecule has 1 unspecified atom stereocenters. The van der Waals surface area contributed by atoms with Crippen LogP contribution in [0.3, 0.4) is 0 Å². The number of benzene rings is 3. The van der Waals surface area contributed by atoms with Crippen molar-refractivity contribution in [1.29, 1.82) is 0 Å². The van der Waals surface area contributed by atoms with E-state index in [2.05, 4.69) is 20.7 Å². The van der Waals surface area contributed by atoms with Gasteiger partial charge in [-0.1, -0.05) is 48.0 Å². The number of hydrogen-bond donors (Lipinski definition) is 2. The molecule has 4 aromatic rings. The summed E-state index contributed by atoms with van der Waals surface area (Å²) in [5, 5.41) is 11.3. The van der Waals surface area contributed by atoms with Gasteiger partial charge in [-0.15, -0.1) is 0 Å². The molecule has 40 heavy (non-hydrogen) atoms. The Balaban J connectivity index is 1.49. The van der Waals surface area contributed by atoms with Gasteiger partial charge in [0.25, 0.3) is 5.91 Å². The molecule has 2 heterocycles. The van der Waals surface area contributed by atoms with Gasteiger partial charge in [-0.25, -0.2) is 4.68 Å². The van der Waals surface area contributed by atoms with Crippen molar-refractivity contribution >= 4 is 29.1 Å². The van der Waals surface area contributed by atoms with E-state index in [1.165, 1.54) is 6.33 Å². The number of ether oxygens (including phenoxy) is 3. The van der Waals surface area contributed by atoms with Gasteiger partial charge in [0.2, 0.25) is 5.95 Å². The Morgan fingerprint density at radius 1 is 0.975 bits per heavy atom. The van der Waals surface area contributed by atoms with Crippen molar-refractivity contribution in [2.24, 2.45) is 0 Å². The van der Waals surface area contributed by atoms with Crippen LogP contribution < -0.4 is 24.8 Å². The number of anilines is 2. The van der Waals surface area contributed by atoms with E-state index in [0.29, 0.717) is 58.4 Å². The number of aromatic nitrogens is 3. The van der Waals surface area contributed by atoms with Crippen LogP contribution in [0.5, 0.6) is 17.2 Å². The molecule has 0 fully saturated rings. The van der Waals surface area contributed by atoms with Crippen molar-refractivity contribution in [3.8, 4) is 17.2 Å². The first-order chi connectivity index (χ1) is 19.5. The maximum absolute atomic E-state index is 13.8. The van der Waals surface area contributed by atoms with Crippen LogP contribution in [0.25, 0.3) is 0 Å². The van der Waals surface area contributed by atoms with Gasteiger partial charge in [-0.05, 0) is 56.7 Å². The predicted molar refractivity (Wildman–Crippen MR) is 154 cm³/mol. The Kier molecular flexibility index (Phi) is 8.21. The second-order valence-corrected chi connectivity index (χ2v) is 9.40. The quantitative estimate of drug-likeness (QED) is 0.237. The molecule has 1 aliphatic rings. The monoisotopic (exact) mass is 559 g/mol. The third kappa shape index (κ3) is 5.60. The summed E-state index contributed by atoms with van der Waals surface area (Å²) >= 11 is 6.32. The number of allylic oxidation sites excluding steroid dienone is 1. The molecule has 9 nitrogen and oxygen atoms in total. The number of halogens is 1. The highest BCUT2D eigenvalue weighted by Gasteiger charge is 2.34. The molecule has 1 aromatic heterocycles. The summed E-state index contributed by atoms with van der Waals surface area (Å²) in [5.74, 6) is 1.95. The van der Waals surface area contributed by atoms with E-state index in [0.717, 1.165) is 11.1 Å². The van der Waals surface area contributed by atoms with Crippen molar-refractivity contribution in [3.05, 3.63) is 100 Å². The largest absolute Gasteiger partial charge is 0.492 e. The number of hydrogen-bond acceptors (Lipinski definition) is 7. The van der Waals surface area contributed by atoms with Crippen molar-refractivity contribution in [2.75, 3.05) is 23.8 Å². The zero-order valence-electron chi connectivity index (χ0n) is 22.5. The zero-order chi connectivity index (χ0) is 28.1. The molecular formula is C30H30ClN5O4. The lowest BCUT2D eigenvalue weighted by Crippen LogP contribution is -2.31. The van der Waals surface area contributed by atoms with Crippen molar-refractivity contribution < 1.29 is 19.0 Å². The number of para-hydroxylation sites is 2. The van der Waals surface area contributed by atoms with Crippen LogP contribution in [0.4, 0.5) is 11.6 Å². The summed E-state index contributed by atoms with van der Waals surface area (Å²) in [6.45, 7) is 6.85. The lowest BCUT2D eigenvalue weighted by Gasteiger charge is -2.29. The maximum Gasteiger partial charge on any atom is 0.255 e. The minimum absolute atomic E-state index is 0.283. The van der Waals surface area contributed by atoms with Gasteiger partial charge >= 0.3 is 0 Å². The lowest BCUT2D eigenvalue weighted by molar-refractivity contribution is -0.113. The van der Waals surface area contributed by atoms with Gasteiger partial charge in [0.15, 0.2) is 11.5 Å². The van der Waals surface area contributed by atoms with Crippen LogP contribution in [-0.2, 0) is 11.4 Å².